The van der Waals surface area contributed by atoms with E-state index in [1.165, 1.54) is 23.6 Å². The molecule has 0 radical (unpaired) electrons. The number of para-hydroxylation sites is 4. The lowest BCUT2D eigenvalue weighted by molar-refractivity contribution is -0.137. The topological polar surface area (TPSA) is 421 Å². The van der Waals surface area contributed by atoms with Gasteiger partial charge in [0.1, 0.15) is 0 Å². The van der Waals surface area contributed by atoms with E-state index in [9.17, 15) is 28.8 Å². The van der Waals surface area contributed by atoms with Crippen LogP contribution in [0.1, 0.15) is 56.0 Å². The van der Waals surface area contributed by atoms with Crippen molar-refractivity contribution >= 4 is 92.5 Å². The monoisotopic (exact) mass is 1130 g/mol. The summed E-state index contributed by atoms with van der Waals surface area (Å²) in [7, 11) is 7.45. The largest absolute Gasteiger partial charge is 0.481 e. The lowest BCUT2D eigenvalue weighted by Crippen LogP contribution is -2.21. The Hall–Kier alpha value is -11.0. The minimum Gasteiger partial charge on any atom is -0.481 e. The molecule has 0 spiro atoms. The van der Waals surface area contributed by atoms with E-state index >= 15 is 0 Å². The average molecular weight is 1140 g/mol. The Kier molecular flexibility index (Phi) is 21.3. The number of aryl methyl sites for hydroxylation is 9. The van der Waals surface area contributed by atoms with E-state index in [0.29, 0.717) is 29.0 Å². The van der Waals surface area contributed by atoms with Crippen molar-refractivity contribution in [1.29, 1.82) is 5.26 Å². The van der Waals surface area contributed by atoms with Gasteiger partial charge in [-0.15, -0.1) is 0 Å². The number of rotatable bonds is 13. The molecule has 0 saturated heterocycles. The number of aliphatic carboxylic acids is 3. The van der Waals surface area contributed by atoms with Crippen LogP contribution in [-0.2, 0) is 47.7 Å². The summed E-state index contributed by atoms with van der Waals surface area (Å²) in [6.45, 7) is 12.9. The maximum Gasteiger partial charge on any atom is 0.308 e. The number of aromatic amines is 3. The lowest BCUT2D eigenvalue weighted by Gasteiger charge is -2.08. The third-order valence-corrected chi connectivity index (χ3v) is 12.7. The van der Waals surface area contributed by atoms with Crippen molar-refractivity contribution in [2.75, 3.05) is 52.1 Å². The summed E-state index contributed by atoms with van der Waals surface area (Å²) in [5.41, 5.74) is 23.2. The smallest absolute Gasteiger partial charge is 0.308 e. The summed E-state index contributed by atoms with van der Waals surface area (Å²) in [4.78, 5) is 96.2. The number of nitriles is 1. The summed E-state index contributed by atoms with van der Waals surface area (Å²) in [5, 5.41) is 48.7. The SMILES string of the molecule is CNc1cc(C)c(C)cc1N.CNc1ccccc1N.Cc1cc2nc(Nc3nc(C)c(CC(=O)O)c(=O)[nH]3)n(C)c2cc1C.Cc1nc(NC#N)[nH]c(=O)c1CC(=O)O.Cc1nc(Nc2nc3ccccc3n2C)[nH]c(=O)c1CC(=O)O. The Morgan fingerprint density at radius 2 is 0.940 bits per heavy atom. The Balaban J connectivity index is 0.000000200. The number of hydrogen-bond acceptors (Lipinski definition) is 19. The standard InChI is InChI=1S/C17H19N5O3.C15H15N5O3.C9H14N2.C8H8N4O3.C7H10N2/c1-8-5-12-13(6-9(8)2)22(4)17(19-12)21-16-18-10(3)11(7-14(23)24)15(25)20-16;1-8-9(7-12(21)22)13(23)18-14(16-8)19-15-17-10-5-3-4-6-11(10)20(15)2;1-6-4-8(10)9(11-3)5-7(6)2;1-4-5(2-6(13)14)7(15)12-8(11-4)10-3-9;1-9-7-5-3-2-4-6(7)8/h5-6H,7H2,1-4H3,(H,23,24)(H2,18,19,20,21,25);3-6H,7H2,1-2H3,(H,21,22)(H2,16,17,18,19,23);4-5,11H,10H2,1-3H3;2H2,1H3,(H,13,14)(H2,10,11,12,15);2-5,9H,8H2,1H3. The van der Waals surface area contributed by atoms with Gasteiger partial charge in [-0.3, -0.25) is 59.7 Å². The molecule has 15 N–H and O–H groups in total. The lowest BCUT2D eigenvalue weighted by atomic mass is 10.1. The van der Waals surface area contributed by atoms with Gasteiger partial charge in [-0.25, -0.2) is 24.9 Å². The van der Waals surface area contributed by atoms with Gasteiger partial charge in [-0.2, -0.15) is 5.26 Å². The van der Waals surface area contributed by atoms with Crippen molar-refractivity contribution in [3.63, 3.8) is 0 Å². The maximum atomic E-state index is 12.1. The molecule has 434 valence electrons. The number of carbonyl (C=O) groups is 3. The first-order valence-electron chi connectivity index (χ1n) is 25.3. The van der Waals surface area contributed by atoms with Crippen molar-refractivity contribution in [2.45, 2.75) is 67.7 Å². The van der Waals surface area contributed by atoms with Gasteiger partial charge in [-0.05, 0) is 119 Å². The molecule has 9 aromatic rings. The fraction of sp³-hybridized carbons (Fsp3) is 0.250. The molecule has 0 aliphatic carbocycles. The zero-order valence-corrected chi connectivity index (χ0v) is 47.6. The number of anilines is 9. The maximum absolute atomic E-state index is 12.1. The van der Waals surface area contributed by atoms with Crippen LogP contribution in [0.4, 0.5) is 52.5 Å². The Bertz CT molecular complexity index is 4080. The zero-order chi connectivity index (χ0) is 61.4. The second-order valence-corrected chi connectivity index (χ2v) is 18.6. The number of carboxylic acids is 3. The van der Waals surface area contributed by atoms with E-state index in [1.807, 2.05) is 112 Å². The molecule has 5 aromatic heterocycles. The molecule has 0 amide bonds. The van der Waals surface area contributed by atoms with Gasteiger partial charge >= 0.3 is 17.9 Å². The number of nitrogens with zero attached hydrogens (tertiary/aromatic N) is 8. The summed E-state index contributed by atoms with van der Waals surface area (Å²) in [5.74, 6) is -1.73. The van der Waals surface area contributed by atoms with Crippen molar-refractivity contribution in [1.82, 2.24) is 49.0 Å². The molecule has 4 aromatic carbocycles. The first-order valence-corrected chi connectivity index (χ1v) is 25.3. The number of hydrogen-bond donors (Lipinski definition) is 13. The van der Waals surface area contributed by atoms with E-state index in [1.54, 1.807) is 20.0 Å². The van der Waals surface area contributed by atoms with Crippen molar-refractivity contribution in [2.24, 2.45) is 14.1 Å². The van der Waals surface area contributed by atoms with Crippen molar-refractivity contribution in [3.05, 3.63) is 160 Å². The molecule has 0 atom stereocenters. The first kappa shape index (κ1) is 62.8. The van der Waals surface area contributed by atoms with Crippen LogP contribution in [0, 0.1) is 59.9 Å². The minimum atomic E-state index is -1.11. The van der Waals surface area contributed by atoms with Crippen LogP contribution in [-0.4, -0.2) is 96.3 Å². The van der Waals surface area contributed by atoms with E-state index in [0.717, 1.165) is 50.4 Å². The molecule has 0 saturated carbocycles. The molecule has 0 unspecified atom stereocenters. The van der Waals surface area contributed by atoms with Crippen LogP contribution in [0.15, 0.2) is 87.2 Å². The van der Waals surface area contributed by atoms with Crippen LogP contribution >= 0.6 is 0 Å². The van der Waals surface area contributed by atoms with E-state index in [4.69, 9.17) is 32.0 Å². The highest BCUT2D eigenvalue weighted by molar-refractivity contribution is 5.81. The zero-order valence-electron chi connectivity index (χ0n) is 47.6. The van der Waals surface area contributed by atoms with Crippen molar-refractivity contribution in [3.8, 4) is 6.19 Å². The Labute approximate surface area is 474 Å². The second kappa shape index (κ2) is 28.2. The molecule has 0 fully saturated rings. The van der Waals surface area contributed by atoms with Gasteiger partial charge in [0.05, 0.1) is 81.2 Å². The van der Waals surface area contributed by atoms with E-state index in [2.05, 4.69) is 92.4 Å². The van der Waals surface area contributed by atoms with Crippen LogP contribution in [0.3, 0.4) is 0 Å². The summed E-state index contributed by atoms with van der Waals surface area (Å²) in [6, 6.07) is 23.4. The van der Waals surface area contributed by atoms with E-state index < -0.39 is 34.6 Å². The van der Waals surface area contributed by atoms with Gasteiger partial charge in [0.15, 0.2) is 6.19 Å². The summed E-state index contributed by atoms with van der Waals surface area (Å²) >= 11 is 0. The molecule has 27 heteroatoms. The predicted molar refractivity (Wildman–Crippen MR) is 320 cm³/mol. The summed E-state index contributed by atoms with van der Waals surface area (Å²) in [6.07, 6.45) is 0.490. The molecular weight excluding hydrogens is 1070 g/mol. The minimum absolute atomic E-state index is 0.00846. The molecule has 0 aliphatic rings. The van der Waals surface area contributed by atoms with Gasteiger partial charge in [0, 0.05) is 44.9 Å². The van der Waals surface area contributed by atoms with Crippen molar-refractivity contribution < 1.29 is 29.7 Å². The number of nitrogens with two attached hydrogens (primary N) is 2. The van der Waals surface area contributed by atoms with Gasteiger partial charge in [0.2, 0.25) is 29.7 Å². The average Bonchev–Trinajstić information content (AvgIpc) is 3.89. The van der Waals surface area contributed by atoms with Crippen LogP contribution < -0.4 is 54.7 Å². The van der Waals surface area contributed by atoms with Gasteiger partial charge in [-0.1, -0.05) is 24.3 Å². The van der Waals surface area contributed by atoms with E-state index in [-0.39, 0.29) is 53.8 Å². The normalized spacial score (nSPS) is 10.3. The molecule has 27 nitrogen and oxygen atoms in total. The number of benzene rings is 4. The highest BCUT2D eigenvalue weighted by Crippen LogP contribution is 2.25. The molecule has 0 aliphatic heterocycles. The number of fused-ring (bicyclic) bond motifs is 2. The molecule has 0 bridgehead atoms. The molecule has 83 heavy (non-hydrogen) atoms. The highest BCUT2D eigenvalue weighted by Gasteiger charge is 2.17. The fourth-order valence-electron chi connectivity index (χ4n) is 7.95. The van der Waals surface area contributed by atoms with Crippen LogP contribution in [0.5, 0.6) is 0 Å². The predicted octanol–water partition coefficient (Wildman–Crippen LogP) is 6.12. The number of carboxylic acid groups (broad SMARTS) is 3. The van der Waals surface area contributed by atoms with Crippen LogP contribution in [0.2, 0.25) is 0 Å². The second-order valence-electron chi connectivity index (χ2n) is 18.6. The number of nitrogens with one attached hydrogen (secondary N) is 8. The Morgan fingerprint density at radius 3 is 1.39 bits per heavy atom. The Morgan fingerprint density at radius 1 is 0.530 bits per heavy atom. The fourth-order valence-corrected chi connectivity index (χ4v) is 7.95. The van der Waals surface area contributed by atoms with Crippen LogP contribution in [0.25, 0.3) is 22.1 Å². The number of aromatic nitrogens is 10. The molecule has 9 rings (SSSR count). The first-order chi connectivity index (χ1) is 39.2. The number of imidazole rings is 2. The quantitative estimate of drug-likeness (QED) is 0.0351. The van der Waals surface area contributed by atoms with Gasteiger partial charge < -0.3 is 46.6 Å². The molecule has 5 heterocycles. The number of H-pyrrole nitrogens is 3. The molecular formula is C56H66N18O9. The number of nitrogen functional groups attached to an aromatic ring is 2. The third-order valence-electron chi connectivity index (χ3n) is 12.7. The highest BCUT2D eigenvalue weighted by atomic mass is 16.4. The summed E-state index contributed by atoms with van der Waals surface area (Å²) < 4.78 is 3.72. The van der Waals surface area contributed by atoms with Gasteiger partial charge in [0.25, 0.3) is 16.7 Å². The third kappa shape index (κ3) is 16.7.